The van der Waals surface area contributed by atoms with Crippen LogP contribution in [0.2, 0.25) is 5.02 Å². The molecule has 3 rings (SSSR count). The third-order valence-electron chi connectivity index (χ3n) is 4.53. The minimum Gasteiger partial charge on any atom is -0.373 e. The lowest BCUT2D eigenvalue weighted by atomic mass is 10.1. The SMILES string of the molecule is CC1CC(CN(C)c2cncc(S(=O)(=O)c3cccc(Cl)c3)c2)CN1. The van der Waals surface area contributed by atoms with Crippen LogP contribution in [0.25, 0.3) is 0 Å². The van der Waals surface area contributed by atoms with Gasteiger partial charge in [-0.3, -0.25) is 4.98 Å². The summed E-state index contributed by atoms with van der Waals surface area (Å²) in [6.07, 6.45) is 4.20. The summed E-state index contributed by atoms with van der Waals surface area (Å²) >= 11 is 5.93. The van der Waals surface area contributed by atoms with Gasteiger partial charge in [-0.25, -0.2) is 8.42 Å². The van der Waals surface area contributed by atoms with Gasteiger partial charge in [0.05, 0.1) is 21.7 Å². The van der Waals surface area contributed by atoms with Crippen LogP contribution in [0, 0.1) is 5.92 Å². The van der Waals surface area contributed by atoms with Crippen molar-refractivity contribution in [3.63, 3.8) is 0 Å². The Morgan fingerprint density at radius 2 is 2.08 bits per heavy atom. The van der Waals surface area contributed by atoms with Crippen LogP contribution in [0.1, 0.15) is 13.3 Å². The Kier molecular flexibility index (Phi) is 5.32. The van der Waals surface area contributed by atoms with Gasteiger partial charge in [0.15, 0.2) is 0 Å². The molecule has 1 aromatic carbocycles. The molecule has 0 amide bonds. The summed E-state index contributed by atoms with van der Waals surface area (Å²) in [6, 6.07) is 8.50. The molecule has 0 saturated carbocycles. The standard InChI is InChI=1S/C18H22ClN3O2S/c1-13-6-14(9-21-13)12-22(2)16-8-18(11-20-10-16)25(23,24)17-5-3-4-15(19)7-17/h3-5,7-8,10-11,13-14,21H,6,9,12H2,1-2H3. The Morgan fingerprint density at radius 3 is 2.76 bits per heavy atom. The van der Waals surface area contributed by atoms with Crippen molar-refractivity contribution in [1.29, 1.82) is 0 Å². The van der Waals surface area contributed by atoms with Gasteiger partial charge in [0.1, 0.15) is 0 Å². The van der Waals surface area contributed by atoms with E-state index in [1.807, 2.05) is 7.05 Å². The van der Waals surface area contributed by atoms with Crippen molar-refractivity contribution >= 4 is 27.1 Å². The Morgan fingerprint density at radius 1 is 1.28 bits per heavy atom. The maximum atomic E-state index is 12.8. The number of sulfone groups is 1. The molecule has 1 aromatic heterocycles. The highest BCUT2D eigenvalue weighted by Gasteiger charge is 2.23. The molecule has 0 spiro atoms. The molecule has 134 valence electrons. The number of pyridine rings is 1. The van der Waals surface area contributed by atoms with Crippen molar-refractivity contribution in [1.82, 2.24) is 10.3 Å². The molecule has 1 N–H and O–H groups in total. The van der Waals surface area contributed by atoms with Crippen molar-refractivity contribution in [2.24, 2.45) is 5.92 Å². The monoisotopic (exact) mass is 379 g/mol. The predicted octanol–water partition coefficient (Wildman–Crippen LogP) is 3.00. The number of rotatable bonds is 5. The van der Waals surface area contributed by atoms with Gasteiger partial charge < -0.3 is 10.2 Å². The lowest BCUT2D eigenvalue weighted by Crippen LogP contribution is -2.27. The molecular weight excluding hydrogens is 358 g/mol. The van der Waals surface area contributed by atoms with E-state index < -0.39 is 9.84 Å². The molecule has 1 aliphatic heterocycles. The van der Waals surface area contributed by atoms with Crippen molar-refractivity contribution < 1.29 is 8.42 Å². The summed E-state index contributed by atoms with van der Waals surface area (Å²) in [6.45, 7) is 4.03. The second kappa shape index (κ2) is 7.32. The van der Waals surface area contributed by atoms with Gasteiger partial charge in [-0.1, -0.05) is 17.7 Å². The molecule has 1 aliphatic rings. The molecule has 0 bridgehead atoms. The topological polar surface area (TPSA) is 62.3 Å². The Labute approximate surface area is 153 Å². The van der Waals surface area contributed by atoms with Crippen LogP contribution in [0.5, 0.6) is 0 Å². The first-order chi connectivity index (χ1) is 11.9. The maximum Gasteiger partial charge on any atom is 0.208 e. The third kappa shape index (κ3) is 4.14. The van der Waals surface area contributed by atoms with Gasteiger partial charge in [-0.05, 0) is 50.1 Å². The van der Waals surface area contributed by atoms with E-state index in [0.717, 1.165) is 25.2 Å². The van der Waals surface area contributed by atoms with E-state index in [1.54, 1.807) is 30.5 Å². The molecule has 2 heterocycles. The molecule has 7 heteroatoms. The van der Waals surface area contributed by atoms with Gasteiger partial charge >= 0.3 is 0 Å². The van der Waals surface area contributed by atoms with E-state index in [1.165, 1.54) is 12.3 Å². The van der Waals surface area contributed by atoms with E-state index in [-0.39, 0.29) is 9.79 Å². The fourth-order valence-electron chi connectivity index (χ4n) is 3.20. The normalized spacial score (nSPS) is 20.6. The van der Waals surface area contributed by atoms with Gasteiger partial charge in [0, 0.05) is 30.9 Å². The number of aromatic nitrogens is 1. The van der Waals surface area contributed by atoms with Crippen LogP contribution in [-0.2, 0) is 9.84 Å². The molecule has 0 aliphatic carbocycles. The zero-order valence-corrected chi connectivity index (χ0v) is 15.9. The number of anilines is 1. The fourth-order valence-corrected chi connectivity index (χ4v) is 4.74. The van der Waals surface area contributed by atoms with Crippen LogP contribution in [0.15, 0.2) is 52.5 Å². The summed E-state index contributed by atoms with van der Waals surface area (Å²) in [5.74, 6) is 0.549. The number of nitrogens with one attached hydrogen (secondary N) is 1. The molecule has 2 unspecified atom stereocenters. The summed E-state index contributed by atoms with van der Waals surface area (Å²) < 4.78 is 25.6. The van der Waals surface area contributed by atoms with Crippen LogP contribution < -0.4 is 10.2 Å². The van der Waals surface area contributed by atoms with E-state index in [0.29, 0.717) is 17.0 Å². The second-order valence-corrected chi connectivity index (χ2v) is 9.02. The Bertz CT molecular complexity index is 857. The highest BCUT2D eigenvalue weighted by Crippen LogP contribution is 2.26. The first kappa shape index (κ1) is 18.2. The molecule has 5 nitrogen and oxygen atoms in total. The van der Waals surface area contributed by atoms with E-state index in [2.05, 4.69) is 22.1 Å². The summed E-state index contributed by atoms with van der Waals surface area (Å²) in [7, 11) is -1.67. The van der Waals surface area contributed by atoms with Crippen molar-refractivity contribution in [2.45, 2.75) is 29.2 Å². The molecule has 1 saturated heterocycles. The Balaban J connectivity index is 1.83. The van der Waals surface area contributed by atoms with Crippen molar-refractivity contribution in [3.8, 4) is 0 Å². The molecule has 2 aromatic rings. The van der Waals surface area contributed by atoms with Gasteiger partial charge in [0.2, 0.25) is 9.84 Å². The van der Waals surface area contributed by atoms with Crippen LogP contribution in [0.3, 0.4) is 0 Å². The zero-order chi connectivity index (χ0) is 18.0. The van der Waals surface area contributed by atoms with Crippen LogP contribution in [0.4, 0.5) is 5.69 Å². The quantitative estimate of drug-likeness (QED) is 0.865. The smallest absolute Gasteiger partial charge is 0.208 e. The zero-order valence-electron chi connectivity index (χ0n) is 14.3. The van der Waals surface area contributed by atoms with E-state index in [9.17, 15) is 8.42 Å². The first-order valence-electron chi connectivity index (χ1n) is 8.26. The largest absolute Gasteiger partial charge is 0.373 e. The number of hydrogen-bond donors (Lipinski definition) is 1. The number of halogens is 1. The molecule has 1 fully saturated rings. The highest BCUT2D eigenvalue weighted by molar-refractivity contribution is 7.91. The fraction of sp³-hybridized carbons (Fsp3) is 0.389. The van der Waals surface area contributed by atoms with Gasteiger partial charge in [0.25, 0.3) is 0 Å². The second-order valence-electron chi connectivity index (χ2n) is 6.63. The molecule has 0 radical (unpaired) electrons. The molecule has 25 heavy (non-hydrogen) atoms. The minimum absolute atomic E-state index is 0.176. The number of hydrogen-bond acceptors (Lipinski definition) is 5. The number of benzene rings is 1. The van der Waals surface area contributed by atoms with E-state index in [4.69, 9.17) is 11.6 Å². The summed E-state index contributed by atoms with van der Waals surface area (Å²) in [5, 5.41) is 3.83. The first-order valence-corrected chi connectivity index (χ1v) is 10.1. The van der Waals surface area contributed by atoms with Crippen molar-refractivity contribution in [2.75, 3.05) is 25.0 Å². The highest BCUT2D eigenvalue weighted by atomic mass is 35.5. The third-order valence-corrected chi connectivity index (χ3v) is 6.48. The average Bonchev–Trinajstić information content (AvgIpc) is 3.00. The number of nitrogens with zero attached hydrogens (tertiary/aromatic N) is 2. The average molecular weight is 380 g/mol. The summed E-state index contributed by atoms with van der Waals surface area (Å²) in [5.41, 5.74) is 0.794. The van der Waals surface area contributed by atoms with Crippen LogP contribution >= 0.6 is 11.6 Å². The van der Waals surface area contributed by atoms with Gasteiger partial charge in [-0.15, -0.1) is 0 Å². The van der Waals surface area contributed by atoms with Crippen molar-refractivity contribution in [3.05, 3.63) is 47.7 Å². The lowest BCUT2D eigenvalue weighted by molar-refractivity contribution is 0.564. The molecule has 2 atom stereocenters. The van der Waals surface area contributed by atoms with E-state index >= 15 is 0 Å². The molecular formula is C18H22ClN3O2S. The lowest BCUT2D eigenvalue weighted by Gasteiger charge is -2.23. The van der Waals surface area contributed by atoms with Gasteiger partial charge in [-0.2, -0.15) is 0 Å². The predicted molar refractivity (Wildman–Crippen MR) is 100.0 cm³/mol. The minimum atomic E-state index is -3.64. The summed E-state index contributed by atoms with van der Waals surface area (Å²) in [4.78, 5) is 6.56. The maximum absolute atomic E-state index is 12.8. The Hall–Kier alpha value is -1.63. The van der Waals surface area contributed by atoms with Crippen LogP contribution in [-0.4, -0.2) is 39.6 Å².